The summed E-state index contributed by atoms with van der Waals surface area (Å²) in [7, 11) is 0. The van der Waals surface area contributed by atoms with Crippen LogP contribution in [0.1, 0.15) is 32.9 Å². The normalized spacial score (nSPS) is 15.3. The van der Waals surface area contributed by atoms with E-state index in [9.17, 15) is 0 Å². The van der Waals surface area contributed by atoms with E-state index in [1.165, 1.54) is 11.3 Å². The van der Waals surface area contributed by atoms with Gasteiger partial charge in [0.25, 0.3) is 0 Å². The van der Waals surface area contributed by atoms with Crippen molar-refractivity contribution in [2.45, 2.75) is 32.8 Å². The molecule has 0 saturated heterocycles. The molecule has 5 nitrogen and oxygen atoms in total. The van der Waals surface area contributed by atoms with E-state index in [1.807, 2.05) is 32.9 Å². The predicted octanol–water partition coefficient (Wildman–Crippen LogP) is 4.19. The van der Waals surface area contributed by atoms with Crippen LogP contribution in [0.2, 0.25) is 0 Å². The number of thiazole rings is 1. The zero-order valence-corrected chi connectivity index (χ0v) is 14.5. The van der Waals surface area contributed by atoms with E-state index in [1.54, 1.807) is 0 Å². The first-order valence-electron chi connectivity index (χ1n) is 7.60. The molecule has 0 unspecified atom stereocenters. The van der Waals surface area contributed by atoms with E-state index in [2.05, 4.69) is 23.0 Å². The van der Waals surface area contributed by atoms with Crippen LogP contribution in [0.4, 0.5) is 5.13 Å². The van der Waals surface area contributed by atoms with Crippen molar-refractivity contribution in [3.63, 3.8) is 0 Å². The second kappa shape index (κ2) is 6.29. The molecule has 2 aromatic heterocycles. The van der Waals surface area contributed by atoms with Gasteiger partial charge in [-0.15, -0.1) is 0 Å². The lowest BCUT2D eigenvalue weighted by Gasteiger charge is -2.22. The molecular formula is C17H21N3O2S. The van der Waals surface area contributed by atoms with Gasteiger partial charge in [-0.25, -0.2) is 9.97 Å². The summed E-state index contributed by atoms with van der Waals surface area (Å²) >= 11 is 1.49. The fraction of sp³-hybridized carbons (Fsp3) is 0.412. The quantitative estimate of drug-likeness (QED) is 0.851. The number of hydrogen-bond donors (Lipinski definition) is 1. The Labute approximate surface area is 140 Å². The Hall–Kier alpha value is -1.92. The highest BCUT2D eigenvalue weighted by Crippen LogP contribution is 2.28. The number of nitrogens with zero attached hydrogens (tertiary/aromatic N) is 2. The van der Waals surface area contributed by atoms with Gasteiger partial charge in [0.2, 0.25) is 0 Å². The molecule has 0 radical (unpaired) electrons. The molecule has 0 saturated carbocycles. The maximum atomic E-state index is 5.67. The average Bonchev–Trinajstić information content (AvgIpc) is 2.87. The van der Waals surface area contributed by atoms with Crippen LogP contribution < -0.4 is 5.32 Å². The van der Waals surface area contributed by atoms with Crippen molar-refractivity contribution in [2.75, 3.05) is 18.5 Å². The molecule has 1 N–H and O–H groups in total. The number of ether oxygens (including phenoxy) is 2. The number of rotatable bonds is 4. The third-order valence-corrected chi connectivity index (χ3v) is 4.05. The molecule has 0 aliphatic carbocycles. The van der Waals surface area contributed by atoms with E-state index >= 15 is 0 Å². The summed E-state index contributed by atoms with van der Waals surface area (Å²) in [6.45, 7) is 11.2. The molecule has 23 heavy (non-hydrogen) atoms. The van der Waals surface area contributed by atoms with Gasteiger partial charge < -0.3 is 14.8 Å². The highest BCUT2D eigenvalue weighted by Gasteiger charge is 2.15. The number of aromatic nitrogens is 2. The van der Waals surface area contributed by atoms with Gasteiger partial charge >= 0.3 is 0 Å². The highest BCUT2D eigenvalue weighted by molar-refractivity contribution is 7.21. The first-order valence-corrected chi connectivity index (χ1v) is 8.42. The molecule has 0 aromatic carbocycles. The molecule has 0 atom stereocenters. The highest BCUT2D eigenvalue weighted by atomic mass is 32.1. The summed E-state index contributed by atoms with van der Waals surface area (Å²) in [5, 5.41) is 3.83. The van der Waals surface area contributed by atoms with Crippen molar-refractivity contribution in [2.24, 2.45) is 0 Å². The summed E-state index contributed by atoms with van der Waals surface area (Å²) in [6, 6.07) is 3.98. The largest absolute Gasteiger partial charge is 0.474 e. The summed E-state index contributed by atoms with van der Waals surface area (Å²) < 4.78 is 11.2. The van der Waals surface area contributed by atoms with Crippen LogP contribution >= 0.6 is 11.3 Å². The Morgan fingerprint density at radius 3 is 2.87 bits per heavy atom. The van der Waals surface area contributed by atoms with Gasteiger partial charge in [-0.1, -0.05) is 17.4 Å². The summed E-state index contributed by atoms with van der Waals surface area (Å²) in [5.41, 5.74) is 2.67. The topological polar surface area (TPSA) is 56.3 Å². The fourth-order valence-corrected chi connectivity index (χ4v) is 3.15. The zero-order valence-electron chi connectivity index (χ0n) is 13.7. The smallest absolute Gasteiger partial charge is 0.192 e. The molecule has 0 amide bonds. The summed E-state index contributed by atoms with van der Waals surface area (Å²) in [6.07, 6.45) is 3.13. The number of anilines is 1. The van der Waals surface area contributed by atoms with Crippen molar-refractivity contribution >= 4 is 32.4 Å². The summed E-state index contributed by atoms with van der Waals surface area (Å²) in [5.74, 6) is 0.486. The number of pyridine rings is 1. The van der Waals surface area contributed by atoms with Crippen molar-refractivity contribution in [1.82, 2.24) is 9.97 Å². The van der Waals surface area contributed by atoms with Crippen LogP contribution in [0.15, 0.2) is 30.7 Å². The van der Waals surface area contributed by atoms with Crippen molar-refractivity contribution in [3.05, 3.63) is 36.4 Å². The lowest BCUT2D eigenvalue weighted by molar-refractivity contribution is 0.0565. The van der Waals surface area contributed by atoms with Crippen LogP contribution in [0, 0.1) is 0 Å². The van der Waals surface area contributed by atoms with Crippen molar-refractivity contribution in [1.29, 1.82) is 0 Å². The number of nitrogens with one attached hydrogen (secondary N) is 1. The maximum absolute atomic E-state index is 5.67. The van der Waals surface area contributed by atoms with Crippen LogP contribution in [-0.4, -0.2) is 28.8 Å². The van der Waals surface area contributed by atoms with Gasteiger partial charge in [-0.3, -0.25) is 0 Å². The maximum Gasteiger partial charge on any atom is 0.192 e. The van der Waals surface area contributed by atoms with Crippen LogP contribution in [0.3, 0.4) is 0 Å². The molecule has 6 heteroatoms. The Balaban J connectivity index is 1.79. The van der Waals surface area contributed by atoms with E-state index < -0.39 is 0 Å². The molecule has 122 valence electrons. The molecule has 2 aromatic rings. The van der Waals surface area contributed by atoms with E-state index in [4.69, 9.17) is 14.5 Å². The molecule has 0 bridgehead atoms. The van der Waals surface area contributed by atoms with Gasteiger partial charge in [-0.05, 0) is 51.5 Å². The van der Waals surface area contributed by atoms with E-state index in [0.29, 0.717) is 12.5 Å². The van der Waals surface area contributed by atoms with Gasteiger partial charge in [0, 0.05) is 0 Å². The monoisotopic (exact) mass is 331 g/mol. The lowest BCUT2D eigenvalue weighted by Crippen LogP contribution is -2.21. The fourth-order valence-electron chi connectivity index (χ4n) is 2.30. The minimum Gasteiger partial charge on any atom is -0.474 e. The second-order valence-corrected chi connectivity index (χ2v) is 7.35. The number of hydrogen-bond acceptors (Lipinski definition) is 6. The lowest BCUT2D eigenvalue weighted by atomic mass is 10.1. The zero-order chi connectivity index (χ0) is 16.4. The minimum absolute atomic E-state index is 0.292. The van der Waals surface area contributed by atoms with Gasteiger partial charge in [0.05, 0.1) is 18.9 Å². The van der Waals surface area contributed by atoms with E-state index in [-0.39, 0.29) is 5.60 Å². The third-order valence-electron chi connectivity index (χ3n) is 3.17. The molecule has 3 heterocycles. The predicted molar refractivity (Wildman–Crippen MR) is 94.4 cm³/mol. The Morgan fingerprint density at radius 2 is 2.17 bits per heavy atom. The SMILES string of the molecule is C=C(Nc1nc2ccc(C3=CCCOC3)nc2s1)OC(C)(C)C. The molecule has 0 fully saturated rings. The Morgan fingerprint density at radius 1 is 1.35 bits per heavy atom. The first kappa shape index (κ1) is 16.0. The summed E-state index contributed by atoms with van der Waals surface area (Å²) in [4.78, 5) is 10.1. The van der Waals surface area contributed by atoms with Gasteiger partial charge in [0.1, 0.15) is 15.9 Å². The molecular weight excluding hydrogens is 310 g/mol. The number of fused-ring (bicyclic) bond motifs is 1. The van der Waals surface area contributed by atoms with Crippen LogP contribution in [-0.2, 0) is 9.47 Å². The van der Waals surface area contributed by atoms with Gasteiger partial charge in [0.15, 0.2) is 11.0 Å². The molecule has 1 aliphatic heterocycles. The van der Waals surface area contributed by atoms with Crippen LogP contribution in [0.25, 0.3) is 15.9 Å². The Bertz CT molecular complexity index is 759. The van der Waals surface area contributed by atoms with Crippen LogP contribution in [0.5, 0.6) is 0 Å². The average molecular weight is 331 g/mol. The van der Waals surface area contributed by atoms with Crippen molar-refractivity contribution in [3.8, 4) is 0 Å². The second-order valence-electron chi connectivity index (χ2n) is 6.37. The Kier molecular flexibility index (Phi) is 4.37. The molecule has 3 rings (SSSR count). The van der Waals surface area contributed by atoms with Gasteiger partial charge in [-0.2, -0.15) is 0 Å². The molecule has 1 aliphatic rings. The third kappa shape index (κ3) is 4.09. The minimum atomic E-state index is -0.292. The van der Waals surface area contributed by atoms with Crippen molar-refractivity contribution < 1.29 is 9.47 Å². The first-order chi connectivity index (χ1) is 10.9. The van der Waals surface area contributed by atoms with E-state index in [0.717, 1.165) is 39.8 Å². The molecule has 0 spiro atoms. The standard InChI is InChI=1S/C17H21N3O2S/c1-11(22-17(2,3)4)18-16-20-14-8-7-13(19-15(14)23-16)12-6-5-9-21-10-12/h6-8H,1,5,9-10H2,2-4H3,(H,18,20).